The van der Waals surface area contributed by atoms with Crippen LogP contribution in [0.25, 0.3) is 22.5 Å². The van der Waals surface area contributed by atoms with Gasteiger partial charge in [-0.3, -0.25) is 0 Å². The molecule has 0 saturated heterocycles. The summed E-state index contributed by atoms with van der Waals surface area (Å²) in [5.41, 5.74) is 6.67. The minimum atomic E-state index is -0.0884. The van der Waals surface area contributed by atoms with E-state index >= 15 is 0 Å². The first kappa shape index (κ1) is 16.2. The second-order valence-corrected chi connectivity index (χ2v) is 6.54. The van der Waals surface area contributed by atoms with Crippen LogP contribution in [-0.4, -0.2) is 30.2 Å². The third-order valence-corrected chi connectivity index (χ3v) is 4.49. The van der Waals surface area contributed by atoms with Crippen LogP contribution < -0.4 is 0 Å². The lowest BCUT2D eigenvalue weighted by molar-refractivity contribution is 0.605. The van der Waals surface area contributed by atoms with Crippen molar-refractivity contribution in [3.63, 3.8) is 0 Å². The van der Waals surface area contributed by atoms with Crippen molar-refractivity contribution in [3.05, 3.63) is 71.8 Å². The third kappa shape index (κ3) is 2.90. The summed E-state index contributed by atoms with van der Waals surface area (Å²) in [7, 11) is 0. The van der Waals surface area contributed by atoms with Gasteiger partial charge in [0.1, 0.15) is 0 Å². The van der Waals surface area contributed by atoms with Crippen LogP contribution in [0.2, 0.25) is 0 Å². The monoisotopic (exact) mass is 344 g/mol. The predicted molar refractivity (Wildman–Crippen MR) is 101 cm³/mol. The number of nitrogens with zero attached hydrogens (tertiary/aromatic N) is 5. The van der Waals surface area contributed by atoms with Gasteiger partial charge in [-0.05, 0) is 32.9 Å². The van der Waals surface area contributed by atoms with E-state index in [-0.39, 0.29) is 6.04 Å². The Bertz CT molecular complexity index is 998. The zero-order chi connectivity index (χ0) is 18.1. The second kappa shape index (κ2) is 6.55. The molecule has 0 saturated carbocycles. The van der Waals surface area contributed by atoms with E-state index in [4.69, 9.17) is 4.98 Å². The molecule has 1 unspecified atom stereocenters. The fourth-order valence-corrected chi connectivity index (χ4v) is 3.33. The highest BCUT2D eigenvalue weighted by molar-refractivity contribution is 5.79. The van der Waals surface area contributed by atoms with Gasteiger partial charge in [-0.15, -0.1) is 10.2 Å². The number of hydrogen-bond donors (Lipinski definition) is 1. The quantitative estimate of drug-likeness (QED) is 0.608. The Balaban J connectivity index is 1.94. The minimum absolute atomic E-state index is 0.0884. The maximum atomic E-state index is 4.73. The molecule has 6 heteroatoms. The van der Waals surface area contributed by atoms with Crippen LogP contribution in [-0.2, 0) is 0 Å². The summed E-state index contributed by atoms with van der Waals surface area (Å²) in [6.45, 7) is 6.28. The van der Waals surface area contributed by atoms with Crippen LogP contribution in [0.5, 0.6) is 0 Å². The van der Waals surface area contributed by atoms with Gasteiger partial charge in [0, 0.05) is 11.1 Å². The number of rotatable bonds is 4. The maximum absolute atomic E-state index is 4.73. The van der Waals surface area contributed by atoms with Gasteiger partial charge in [0.25, 0.3) is 0 Å². The number of imidazole rings is 1. The molecule has 1 atom stereocenters. The average molecular weight is 344 g/mol. The molecule has 0 bridgehead atoms. The van der Waals surface area contributed by atoms with Crippen LogP contribution in [0, 0.1) is 13.8 Å². The molecule has 0 aliphatic carbocycles. The number of hydrogen-bond acceptors (Lipinski definition) is 4. The van der Waals surface area contributed by atoms with E-state index in [1.54, 1.807) is 0 Å². The number of H-pyrrole nitrogens is 1. The molecule has 6 nitrogen and oxygen atoms in total. The lowest BCUT2D eigenvalue weighted by Crippen LogP contribution is -2.09. The summed E-state index contributed by atoms with van der Waals surface area (Å²) in [6, 6.07) is 16.7. The molecule has 2 aromatic heterocycles. The van der Waals surface area contributed by atoms with Crippen LogP contribution in [0.4, 0.5) is 0 Å². The molecule has 0 aliphatic rings. The zero-order valence-electron chi connectivity index (χ0n) is 15.0. The molecule has 26 heavy (non-hydrogen) atoms. The Labute approximate surface area is 151 Å². The molecule has 0 spiro atoms. The van der Waals surface area contributed by atoms with Crippen molar-refractivity contribution >= 4 is 0 Å². The Hall–Kier alpha value is -3.28. The van der Waals surface area contributed by atoms with Gasteiger partial charge in [-0.1, -0.05) is 52.7 Å². The summed E-state index contributed by atoms with van der Waals surface area (Å²) < 4.78 is 2.11. The van der Waals surface area contributed by atoms with E-state index in [1.165, 1.54) is 11.1 Å². The van der Waals surface area contributed by atoms with Gasteiger partial charge < -0.3 is 4.57 Å². The molecule has 4 rings (SSSR count). The molecule has 1 N–H and O–H groups in total. The average Bonchev–Trinajstić information content (AvgIpc) is 3.31. The second-order valence-electron chi connectivity index (χ2n) is 6.54. The molecule has 130 valence electrons. The van der Waals surface area contributed by atoms with Crippen molar-refractivity contribution in [1.82, 2.24) is 30.2 Å². The van der Waals surface area contributed by atoms with E-state index in [1.807, 2.05) is 31.5 Å². The Morgan fingerprint density at radius 3 is 2.35 bits per heavy atom. The molecule has 2 heterocycles. The lowest BCUT2D eigenvalue weighted by atomic mass is 10.0. The van der Waals surface area contributed by atoms with Crippen LogP contribution in [0.15, 0.2) is 54.9 Å². The number of nitrogens with one attached hydrogen (secondary N) is 1. The largest absolute Gasteiger partial charge is 0.319 e. The van der Waals surface area contributed by atoms with Gasteiger partial charge in [0.15, 0.2) is 5.82 Å². The van der Waals surface area contributed by atoms with Crippen molar-refractivity contribution in [2.24, 2.45) is 0 Å². The highest BCUT2D eigenvalue weighted by Crippen LogP contribution is 2.35. The smallest absolute Gasteiger partial charge is 0.197 e. The highest BCUT2D eigenvalue weighted by atomic mass is 15.5. The van der Waals surface area contributed by atoms with Crippen molar-refractivity contribution in [2.45, 2.75) is 26.8 Å². The first-order valence-corrected chi connectivity index (χ1v) is 8.57. The molecular formula is C20H20N6. The Morgan fingerprint density at radius 1 is 0.962 bits per heavy atom. The molecule has 0 radical (unpaired) electrons. The van der Waals surface area contributed by atoms with Crippen molar-refractivity contribution < 1.29 is 0 Å². The van der Waals surface area contributed by atoms with Gasteiger partial charge >= 0.3 is 0 Å². The van der Waals surface area contributed by atoms with E-state index in [9.17, 15) is 0 Å². The summed E-state index contributed by atoms with van der Waals surface area (Å²) in [6.07, 6.45) is 1.86. The highest BCUT2D eigenvalue weighted by Gasteiger charge is 2.21. The van der Waals surface area contributed by atoms with Crippen LogP contribution >= 0.6 is 0 Å². The molecular weight excluding hydrogens is 324 g/mol. The topological polar surface area (TPSA) is 72.3 Å². The fourth-order valence-electron chi connectivity index (χ4n) is 3.33. The SMILES string of the molecule is Cc1cc(C)cc(-c2c(-c3ccccc3)ncn2C(C)c2nn[nH]n2)c1. The molecule has 4 aromatic rings. The van der Waals surface area contributed by atoms with E-state index < -0.39 is 0 Å². The minimum Gasteiger partial charge on any atom is -0.319 e. The summed E-state index contributed by atoms with van der Waals surface area (Å²) in [5.74, 6) is 0.632. The van der Waals surface area contributed by atoms with Gasteiger partial charge in [0.05, 0.1) is 23.8 Å². The first-order chi connectivity index (χ1) is 12.6. The number of aromatic amines is 1. The van der Waals surface area contributed by atoms with Gasteiger partial charge in [0.2, 0.25) is 0 Å². The van der Waals surface area contributed by atoms with Crippen molar-refractivity contribution in [2.75, 3.05) is 0 Å². The molecule has 0 fully saturated rings. The Kier molecular flexibility index (Phi) is 4.08. The van der Waals surface area contributed by atoms with Crippen molar-refractivity contribution in [3.8, 4) is 22.5 Å². The summed E-state index contributed by atoms with van der Waals surface area (Å²) in [5, 5.41) is 14.5. The van der Waals surface area contributed by atoms with E-state index in [0.29, 0.717) is 5.82 Å². The number of tetrazole rings is 1. The molecule has 2 aromatic carbocycles. The third-order valence-electron chi connectivity index (χ3n) is 4.49. The number of benzene rings is 2. The first-order valence-electron chi connectivity index (χ1n) is 8.57. The predicted octanol–water partition coefficient (Wildman–Crippen LogP) is 3.96. The van der Waals surface area contributed by atoms with Crippen LogP contribution in [0.3, 0.4) is 0 Å². The van der Waals surface area contributed by atoms with Crippen LogP contribution in [0.1, 0.15) is 29.9 Å². The molecule has 0 aliphatic heterocycles. The normalized spacial score (nSPS) is 12.3. The summed E-state index contributed by atoms with van der Waals surface area (Å²) in [4.78, 5) is 4.73. The van der Waals surface area contributed by atoms with E-state index in [2.05, 4.69) is 69.4 Å². The lowest BCUT2D eigenvalue weighted by Gasteiger charge is -2.16. The zero-order valence-corrected chi connectivity index (χ0v) is 15.0. The van der Waals surface area contributed by atoms with Gasteiger partial charge in [-0.25, -0.2) is 4.98 Å². The number of aryl methyl sites for hydroxylation is 2. The molecule has 0 amide bonds. The fraction of sp³-hybridized carbons (Fsp3) is 0.200. The van der Waals surface area contributed by atoms with E-state index in [0.717, 1.165) is 22.5 Å². The standard InChI is InChI=1S/C20H20N6/c1-13-9-14(2)11-17(10-13)19-18(16-7-5-4-6-8-16)21-12-26(19)15(3)20-22-24-25-23-20/h4-12,15H,1-3H3,(H,22,23,24,25). The summed E-state index contributed by atoms with van der Waals surface area (Å²) >= 11 is 0. The van der Waals surface area contributed by atoms with Crippen molar-refractivity contribution in [1.29, 1.82) is 0 Å². The Morgan fingerprint density at radius 2 is 1.69 bits per heavy atom. The number of aromatic nitrogens is 6. The maximum Gasteiger partial charge on any atom is 0.197 e. The van der Waals surface area contributed by atoms with Gasteiger partial charge in [-0.2, -0.15) is 5.21 Å².